The molecule has 12 nitrogen and oxygen atoms in total. The number of rotatable bonds is 22. The molecule has 8 aromatic rings. The second-order valence-electron chi connectivity index (χ2n) is 17.0. The average Bonchev–Trinajstić information content (AvgIpc) is 3.79. The molecule has 374 valence electrons. The lowest BCUT2D eigenvalue weighted by atomic mass is 9.66. The first-order valence-corrected chi connectivity index (χ1v) is 24.2. The Hall–Kier alpha value is -9.36. The molecule has 0 atom stereocenters. The van der Waals surface area contributed by atoms with E-state index >= 15 is 9.59 Å². The summed E-state index contributed by atoms with van der Waals surface area (Å²) in [5, 5.41) is 2.25. The lowest BCUT2D eigenvalue weighted by Crippen LogP contribution is -2.36. The maximum atomic E-state index is 15.1. The molecular formula is C63H52N2O10. The van der Waals surface area contributed by atoms with Crippen molar-refractivity contribution in [2.45, 2.75) is 5.41 Å². The number of ether oxygens (including phenoxy) is 4. The molecule has 0 saturated heterocycles. The second kappa shape index (κ2) is 23.9. The van der Waals surface area contributed by atoms with Gasteiger partial charge in [0.25, 0.3) is 11.8 Å². The fraction of sp³-hybridized carbons (Fsp3) is 0.111. The van der Waals surface area contributed by atoms with Gasteiger partial charge in [0.15, 0.2) is 13.5 Å². The van der Waals surface area contributed by atoms with Crippen LogP contribution >= 0.6 is 0 Å². The van der Waals surface area contributed by atoms with Crippen molar-refractivity contribution in [1.29, 1.82) is 0 Å². The van der Waals surface area contributed by atoms with E-state index in [0.717, 1.165) is 66.8 Å². The monoisotopic (exact) mass is 996 g/mol. The first kappa shape index (κ1) is 50.6. The molecule has 0 bridgehead atoms. The van der Waals surface area contributed by atoms with Crippen molar-refractivity contribution in [3.05, 3.63) is 265 Å². The molecule has 0 saturated carbocycles. The molecule has 8 aromatic carbocycles. The molecule has 0 radical (unpaired) electrons. The lowest BCUT2D eigenvalue weighted by molar-refractivity contribution is -0.168. The van der Waals surface area contributed by atoms with Crippen molar-refractivity contribution in [3.8, 4) is 44.9 Å². The van der Waals surface area contributed by atoms with Crippen LogP contribution in [0.3, 0.4) is 0 Å². The first-order valence-electron chi connectivity index (χ1n) is 24.2. The van der Waals surface area contributed by atoms with E-state index in [1.54, 1.807) is 24.3 Å². The number of hydrogen-bond acceptors (Lipinski definition) is 10. The van der Waals surface area contributed by atoms with Crippen LogP contribution in [0, 0.1) is 0 Å². The van der Waals surface area contributed by atoms with Gasteiger partial charge in [0.05, 0.1) is 5.41 Å². The van der Waals surface area contributed by atoms with E-state index in [1.807, 2.05) is 146 Å². The fourth-order valence-electron chi connectivity index (χ4n) is 9.24. The normalized spacial score (nSPS) is 11.8. The molecule has 2 amide bonds. The van der Waals surface area contributed by atoms with Gasteiger partial charge in [-0.15, -0.1) is 0 Å². The highest BCUT2D eigenvalue weighted by molar-refractivity contribution is 6.02. The maximum absolute atomic E-state index is 15.1. The van der Waals surface area contributed by atoms with Crippen LogP contribution in [-0.4, -0.2) is 73.8 Å². The quantitative estimate of drug-likeness (QED) is 0.0213. The number of nitrogens with zero attached hydrogens (tertiary/aromatic N) is 2. The van der Waals surface area contributed by atoms with E-state index in [2.05, 4.69) is 49.6 Å². The largest absolute Gasteiger partial charge is 0.471 e. The van der Waals surface area contributed by atoms with Gasteiger partial charge < -0.3 is 18.9 Å². The van der Waals surface area contributed by atoms with Crippen molar-refractivity contribution in [2.75, 3.05) is 39.9 Å². The Morgan fingerprint density at radius 3 is 1.16 bits per heavy atom. The summed E-state index contributed by atoms with van der Waals surface area (Å²) < 4.78 is 22.5. The minimum absolute atomic E-state index is 0.138. The SMILES string of the molecule is C=CC(=O)OCCON(COc1ccccc1)C(=O)c1ccc(C2(c3ccc(C(=O)N(COc4ccccc4)OCCOC(=O)C=C)c(-c4ccccc4)c3)c3ccccc3-c3ccccc32)cc1-c1ccccc1. The molecule has 1 aliphatic carbocycles. The predicted molar refractivity (Wildman–Crippen MR) is 285 cm³/mol. The van der Waals surface area contributed by atoms with Crippen molar-refractivity contribution in [1.82, 2.24) is 10.1 Å². The van der Waals surface area contributed by atoms with Gasteiger partial charge >= 0.3 is 11.9 Å². The van der Waals surface area contributed by atoms with Crippen molar-refractivity contribution in [3.63, 3.8) is 0 Å². The summed E-state index contributed by atoms with van der Waals surface area (Å²) in [6.07, 6.45) is 2.12. The predicted octanol–water partition coefficient (Wildman–Crippen LogP) is 11.7. The molecule has 12 heteroatoms. The van der Waals surface area contributed by atoms with Crippen LogP contribution in [-0.2, 0) is 34.2 Å². The molecule has 0 N–H and O–H groups in total. The fourth-order valence-corrected chi connectivity index (χ4v) is 9.24. The first-order chi connectivity index (χ1) is 36.8. The van der Waals surface area contributed by atoms with Gasteiger partial charge in [-0.05, 0) is 104 Å². The van der Waals surface area contributed by atoms with Crippen LogP contribution in [0.2, 0.25) is 0 Å². The highest BCUT2D eigenvalue weighted by Gasteiger charge is 2.47. The highest BCUT2D eigenvalue weighted by atomic mass is 16.7. The number of hydrogen-bond donors (Lipinski definition) is 0. The summed E-state index contributed by atoms with van der Waals surface area (Å²) in [5.74, 6) is -1.19. The number of benzene rings is 8. The Labute approximate surface area is 435 Å². The van der Waals surface area contributed by atoms with Crippen LogP contribution < -0.4 is 9.47 Å². The van der Waals surface area contributed by atoms with Crippen LogP contribution in [0.15, 0.2) is 232 Å². The summed E-state index contributed by atoms with van der Waals surface area (Å²) in [6, 6.07) is 65.7. The molecule has 1 aliphatic rings. The summed E-state index contributed by atoms with van der Waals surface area (Å²) in [6.45, 7) is 5.79. The number of esters is 2. The van der Waals surface area contributed by atoms with E-state index in [-0.39, 0.29) is 39.9 Å². The van der Waals surface area contributed by atoms with E-state index in [1.165, 1.54) is 0 Å². The third-order valence-electron chi connectivity index (χ3n) is 12.6. The third kappa shape index (κ3) is 11.2. The van der Waals surface area contributed by atoms with E-state index in [9.17, 15) is 9.59 Å². The topological polar surface area (TPSA) is 130 Å². The van der Waals surface area contributed by atoms with Gasteiger partial charge in [-0.1, -0.05) is 171 Å². The van der Waals surface area contributed by atoms with Crippen molar-refractivity contribution >= 4 is 23.8 Å². The Bertz CT molecular complexity index is 3090. The number of amides is 2. The third-order valence-corrected chi connectivity index (χ3v) is 12.6. The maximum Gasteiger partial charge on any atom is 0.330 e. The summed E-state index contributed by atoms with van der Waals surface area (Å²) in [5.41, 5.74) is 8.12. The van der Waals surface area contributed by atoms with Crippen molar-refractivity contribution < 1.29 is 47.8 Å². The van der Waals surface area contributed by atoms with Gasteiger partial charge in [0, 0.05) is 23.3 Å². The Balaban J connectivity index is 1.19. The smallest absolute Gasteiger partial charge is 0.330 e. The average molecular weight is 997 g/mol. The van der Waals surface area contributed by atoms with Crippen LogP contribution in [0.25, 0.3) is 33.4 Å². The number of carbonyl (C=O) groups excluding carboxylic acids is 4. The molecule has 0 spiro atoms. The van der Waals surface area contributed by atoms with Crippen LogP contribution in [0.4, 0.5) is 0 Å². The zero-order valence-corrected chi connectivity index (χ0v) is 40.9. The number of carbonyl (C=O) groups is 4. The highest BCUT2D eigenvalue weighted by Crippen LogP contribution is 2.57. The molecule has 9 rings (SSSR count). The van der Waals surface area contributed by atoms with Gasteiger partial charge in [0.2, 0.25) is 0 Å². The number of fused-ring (bicyclic) bond motifs is 3. The van der Waals surface area contributed by atoms with Gasteiger partial charge in [-0.3, -0.25) is 19.3 Å². The minimum Gasteiger partial charge on any atom is -0.471 e. The van der Waals surface area contributed by atoms with Crippen molar-refractivity contribution in [2.24, 2.45) is 0 Å². The minimum atomic E-state index is -1.02. The molecule has 0 heterocycles. The Morgan fingerprint density at radius 2 is 0.773 bits per heavy atom. The summed E-state index contributed by atoms with van der Waals surface area (Å²) in [7, 11) is 0. The lowest BCUT2D eigenvalue weighted by Gasteiger charge is -2.35. The number of hydroxylamine groups is 4. The summed E-state index contributed by atoms with van der Waals surface area (Å²) in [4.78, 5) is 66.0. The zero-order chi connectivity index (χ0) is 52.0. The molecular weight excluding hydrogens is 945 g/mol. The molecule has 0 fully saturated rings. The Kier molecular flexibility index (Phi) is 16.1. The zero-order valence-electron chi connectivity index (χ0n) is 40.9. The van der Waals surface area contributed by atoms with E-state index in [4.69, 9.17) is 28.6 Å². The van der Waals surface area contributed by atoms with Gasteiger partial charge in [0.1, 0.15) is 37.9 Å². The molecule has 0 aromatic heterocycles. The van der Waals surface area contributed by atoms with Crippen LogP contribution in [0.5, 0.6) is 11.5 Å². The van der Waals surface area contributed by atoms with Gasteiger partial charge in [-0.25, -0.2) is 9.59 Å². The standard InChI is InChI=1S/C63H52N2O10/c1-3-59(66)70-37-39-74-64(43-72-49-25-13-7-14-26-49)61(68)53-35-33-47(41-55(53)45-21-9-5-10-22-45)63(57-31-19-17-29-51(57)52-30-18-20-32-58(52)63)48-34-36-54(56(42-48)46-23-11-6-12-24-46)62(69)65(75-40-38-71-60(67)4-2)44-73-50-27-15-8-16-28-50/h3-36,41-42H,1-2,37-40,43-44H2. The molecule has 75 heavy (non-hydrogen) atoms. The molecule has 0 unspecified atom stereocenters. The van der Waals surface area contributed by atoms with E-state index < -0.39 is 29.2 Å². The molecule has 0 aliphatic heterocycles. The summed E-state index contributed by atoms with van der Waals surface area (Å²) >= 11 is 0. The number of para-hydroxylation sites is 2. The van der Waals surface area contributed by atoms with Gasteiger partial charge in [-0.2, -0.15) is 10.1 Å². The second-order valence-corrected chi connectivity index (χ2v) is 17.0. The van der Waals surface area contributed by atoms with E-state index in [0.29, 0.717) is 33.8 Å². The Morgan fingerprint density at radius 1 is 0.413 bits per heavy atom. The van der Waals surface area contributed by atoms with Crippen LogP contribution in [0.1, 0.15) is 43.0 Å².